The van der Waals surface area contributed by atoms with Gasteiger partial charge in [0.05, 0.1) is 10.9 Å². The van der Waals surface area contributed by atoms with Gasteiger partial charge in [-0.3, -0.25) is 0 Å². The van der Waals surface area contributed by atoms with E-state index in [9.17, 15) is 13.2 Å². The van der Waals surface area contributed by atoms with E-state index in [4.69, 9.17) is 0 Å². The maximum atomic E-state index is 12.1. The molecule has 0 amide bonds. The van der Waals surface area contributed by atoms with Crippen LogP contribution in [0, 0.1) is 12.8 Å². The van der Waals surface area contributed by atoms with Crippen LogP contribution in [0.3, 0.4) is 0 Å². The molecular weight excluding hydrogens is 250 g/mol. The van der Waals surface area contributed by atoms with Crippen molar-refractivity contribution in [3.05, 3.63) is 29.8 Å². The molecule has 2 unspecified atom stereocenters. The van der Waals surface area contributed by atoms with Crippen LogP contribution in [-0.4, -0.2) is 20.7 Å². The summed E-state index contributed by atoms with van der Waals surface area (Å²) >= 11 is 0. The van der Waals surface area contributed by atoms with Crippen molar-refractivity contribution in [3.63, 3.8) is 0 Å². The van der Waals surface area contributed by atoms with Crippen LogP contribution in [-0.2, 0) is 14.8 Å². The molecule has 4 nitrogen and oxygen atoms in total. The van der Waals surface area contributed by atoms with Crippen LogP contribution in [0.1, 0.15) is 25.8 Å². The Morgan fingerprint density at radius 2 is 1.83 bits per heavy atom. The van der Waals surface area contributed by atoms with Crippen molar-refractivity contribution in [1.82, 2.24) is 4.72 Å². The Kier molecular flexibility index (Phi) is 5.04. The largest absolute Gasteiger partial charge is 0.302 e. The van der Waals surface area contributed by atoms with Crippen LogP contribution in [0.5, 0.6) is 0 Å². The first-order valence-electron chi connectivity index (χ1n) is 5.95. The Morgan fingerprint density at radius 3 is 2.28 bits per heavy atom. The van der Waals surface area contributed by atoms with Crippen LogP contribution < -0.4 is 4.72 Å². The number of carbonyl (C=O) groups is 1. The summed E-state index contributed by atoms with van der Waals surface area (Å²) in [7, 11) is -3.62. The van der Waals surface area contributed by atoms with Gasteiger partial charge >= 0.3 is 0 Å². The average molecular weight is 269 g/mol. The fraction of sp³-hybridized carbons (Fsp3) is 0.462. The summed E-state index contributed by atoms with van der Waals surface area (Å²) in [6, 6.07) is 5.86. The summed E-state index contributed by atoms with van der Waals surface area (Å²) in [6.45, 7) is 5.65. The molecule has 0 spiro atoms. The second-order valence-electron chi connectivity index (χ2n) is 4.48. The number of hydrogen-bond donors (Lipinski definition) is 1. The molecule has 0 saturated heterocycles. The van der Waals surface area contributed by atoms with Gasteiger partial charge in [0.1, 0.15) is 6.29 Å². The molecule has 0 heterocycles. The summed E-state index contributed by atoms with van der Waals surface area (Å²) in [4.78, 5) is 11.1. The van der Waals surface area contributed by atoms with E-state index in [0.717, 1.165) is 12.0 Å². The Balaban J connectivity index is 2.93. The van der Waals surface area contributed by atoms with Crippen molar-refractivity contribution in [2.24, 2.45) is 5.92 Å². The van der Waals surface area contributed by atoms with Crippen molar-refractivity contribution in [1.29, 1.82) is 0 Å². The molecule has 0 aliphatic rings. The lowest BCUT2D eigenvalue weighted by molar-refractivity contribution is -0.110. The van der Waals surface area contributed by atoms with Gasteiger partial charge in [-0.1, -0.05) is 38.0 Å². The van der Waals surface area contributed by atoms with Gasteiger partial charge in [-0.2, -0.15) is 0 Å². The zero-order valence-corrected chi connectivity index (χ0v) is 11.7. The summed E-state index contributed by atoms with van der Waals surface area (Å²) in [5.41, 5.74) is 0.989. The number of aryl methyl sites for hydroxylation is 1. The third-order valence-corrected chi connectivity index (χ3v) is 4.50. The summed E-state index contributed by atoms with van der Waals surface area (Å²) in [6.07, 6.45) is 1.39. The lowest BCUT2D eigenvalue weighted by Crippen LogP contribution is -2.40. The Morgan fingerprint density at radius 1 is 1.28 bits per heavy atom. The Hall–Kier alpha value is -1.20. The molecule has 0 radical (unpaired) electrons. The van der Waals surface area contributed by atoms with E-state index in [-0.39, 0.29) is 10.8 Å². The van der Waals surface area contributed by atoms with Gasteiger partial charge in [0.15, 0.2) is 0 Å². The van der Waals surface area contributed by atoms with Crippen molar-refractivity contribution in [3.8, 4) is 0 Å². The first-order chi connectivity index (χ1) is 8.40. The highest BCUT2D eigenvalue weighted by Gasteiger charge is 2.23. The van der Waals surface area contributed by atoms with Crippen LogP contribution >= 0.6 is 0 Å². The van der Waals surface area contributed by atoms with Crippen LogP contribution in [0.25, 0.3) is 0 Å². The number of aldehydes is 1. The van der Waals surface area contributed by atoms with Gasteiger partial charge < -0.3 is 4.79 Å². The molecule has 0 fully saturated rings. The van der Waals surface area contributed by atoms with Gasteiger partial charge in [0.25, 0.3) is 0 Å². The molecule has 0 aliphatic heterocycles. The highest BCUT2D eigenvalue weighted by atomic mass is 32.2. The molecule has 5 heteroatoms. The topological polar surface area (TPSA) is 63.2 Å². The van der Waals surface area contributed by atoms with E-state index in [0.29, 0.717) is 6.29 Å². The number of hydrogen-bond acceptors (Lipinski definition) is 3. The van der Waals surface area contributed by atoms with Gasteiger partial charge in [0, 0.05) is 0 Å². The van der Waals surface area contributed by atoms with Crippen LogP contribution in [0.15, 0.2) is 29.2 Å². The van der Waals surface area contributed by atoms with Gasteiger partial charge in [-0.05, 0) is 25.0 Å². The quantitative estimate of drug-likeness (QED) is 0.802. The van der Waals surface area contributed by atoms with E-state index in [2.05, 4.69) is 4.72 Å². The third-order valence-electron chi connectivity index (χ3n) is 3.03. The summed E-state index contributed by atoms with van der Waals surface area (Å²) < 4.78 is 26.6. The molecule has 1 N–H and O–H groups in total. The monoisotopic (exact) mass is 269 g/mol. The van der Waals surface area contributed by atoms with E-state index in [1.807, 2.05) is 20.8 Å². The predicted octanol–water partition coefficient (Wildman–Crippen LogP) is 1.89. The minimum Gasteiger partial charge on any atom is -0.302 e. The number of carbonyl (C=O) groups excluding carboxylic acids is 1. The third kappa shape index (κ3) is 3.65. The first-order valence-corrected chi connectivity index (χ1v) is 7.43. The van der Waals surface area contributed by atoms with Crippen molar-refractivity contribution < 1.29 is 13.2 Å². The second-order valence-corrected chi connectivity index (χ2v) is 6.20. The number of nitrogens with one attached hydrogen (secondary N) is 1. The Labute approximate surface area is 108 Å². The second kappa shape index (κ2) is 6.11. The fourth-order valence-corrected chi connectivity index (χ4v) is 2.77. The lowest BCUT2D eigenvalue weighted by Gasteiger charge is -2.18. The SMILES string of the molecule is CCC(C)C(C=O)NS(=O)(=O)c1ccc(C)cc1. The molecule has 1 aromatic rings. The van der Waals surface area contributed by atoms with E-state index >= 15 is 0 Å². The summed E-state index contributed by atoms with van der Waals surface area (Å²) in [5.74, 6) is -0.0253. The molecule has 0 aromatic heterocycles. The van der Waals surface area contributed by atoms with Crippen molar-refractivity contribution in [2.75, 3.05) is 0 Å². The maximum absolute atomic E-state index is 12.1. The van der Waals surface area contributed by atoms with E-state index < -0.39 is 16.1 Å². The Bertz CT molecular complexity index is 493. The first kappa shape index (κ1) is 14.9. The predicted molar refractivity (Wildman–Crippen MR) is 70.8 cm³/mol. The molecule has 2 atom stereocenters. The van der Waals surface area contributed by atoms with Crippen LogP contribution in [0.2, 0.25) is 0 Å². The van der Waals surface area contributed by atoms with Crippen LogP contribution in [0.4, 0.5) is 0 Å². The normalized spacial score (nSPS) is 15.1. The molecule has 0 aliphatic carbocycles. The standard InChI is InChI=1S/C13H19NO3S/c1-4-11(3)13(9-15)14-18(16,17)12-7-5-10(2)6-8-12/h5-9,11,13-14H,4H2,1-3H3. The minimum absolute atomic E-state index is 0.0253. The number of benzene rings is 1. The molecule has 1 rings (SSSR count). The average Bonchev–Trinajstić information content (AvgIpc) is 2.35. The molecule has 1 aromatic carbocycles. The zero-order valence-electron chi connectivity index (χ0n) is 10.9. The lowest BCUT2D eigenvalue weighted by atomic mass is 10.0. The fourth-order valence-electron chi connectivity index (χ4n) is 1.50. The van der Waals surface area contributed by atoms with Gasteiger partial charge in [-0.15, -0.1) is 0 Å². The molecule has 0 bridgehead atoms. The smallest absolute Gasteiger partial charge is 0.241 e. The summed E-state index contributed by atoms with van der Waals surface area (Å²) in [5, 5.41) is 0. The molecule has 18 heavy (non-hydrogen) atoms. The maximum Gasteiger partial charge on any atom is 0.241 e. The van der Waals surface area contributed by atoms with Crippen molar-refractivity contribution >= 4 is 16.3 Å². The highest BCUT2D eigenvalue weighted by Crippen LogP contribution is 2.13. The van der Waals surface area contributed by atoms with Crippen molar-refractivity contribution in [2.45, 2.75) is 38.1 Å². The molecular formula is C13H19NO3S. The molecule has 0 saturated carbocycles. The number of sulfonamides is 1. The van der Waals surface area contributed by atoms with Gasteiger partial charge in [0.2, 0.25) is 10.0 Å². The van der Waals surface area contributed by atoms with E-state index in [1.54, 1.807) is 12.1 Å². The minimum atomic E-state index is -3.62. The van der Waals surface area contributed by atoms with E-state index in [1.165, 1.54) is 12.1 Å². The highest BCUT2D eigenvalue weighted by molar-refractivity contribution is 7.89. The number of rotatable bonds is 6. The molecule has 100 valence electrons. The zero-order chi connectivity index (χ0) is 13.8. The van der Waals surface area contributed by atoms with Gasteiger partial charge in [-0.25, -0.2) is 13.1 Å².